The molecular weight excluding hydrogens is 392 g/mol. The molecule has 1 aliphatic heterocycles. The maximum atomic E-state index is 12.8. The molecule has 1 unspecified atom stereocenters. The molecule has 1 amide bonds. The Labute approximate surface area is 169 Å². The van der Waals surface area contributed by atoms with Crippen molar-refractivity contribution in [3.8, 4) is 11.5 Å². The molecule has 1 saturated heterocycles. The lowest BCUT2D eigenvalue weighted by atomic mass is 10.2. The van der Waals surface area contributed by atoms with Crippen LogP contribution >= 0.6 is 0 Å². The van der Waals surface area contributed by atoms with Gasteiger partial charge in [-0.25, -0.2) is 8.42 Å². The molecule has 0 radical (unpaired) electrons. The molecule has 1 aliphatic rings. The van der Waals surface area contributed by atoms with Crippen LogP contribution in [0, 0.1) is 0 Å². The largest absolute Gasteiger partial charge is 0.463 e. The summed E-state index contributed by atoms with van der Waals surface area (Å²) in [6, 6.07) is 12.3. The van der Waals surface area contributed by atoms with Crippen LogP contribution in [0.4, 0.5) is 11.4 Å². The summed E-state index contributed by atoms with van der Waals surface area (Å²) in [6.45, 7) is 0. The summed E-state index contributed by atoms with van der Waals surface area (Å²) in [5.41, 5.74) is 2.47. The van der Waals surface area contributed by atoms with Crippen molar-refractivity contribution in [3.05, 3.63) is 54.4 Å². The number of nitrogens with zero attached hydrogens (tertiary/aromatic N) is 3. The monoisotopic (exact) mass is 414 g/mol. The minimum absolute atomic E-state index is 0.00937. The number of carbonyl (C=O) groups excluding carboxylic acids is 1. The molecule has 152 valence electrons. The highest BCUT2D eigenvalue weighted by Crippen LogP contribution is 2.30. The van der Waals surface area contributed by atoms with Gasteiger partial charge in [0, 0.05) is 31.5 Å². The predicted octanol–water partition coefficient (Wildman–Crippen LogP) is 2.82. The van der Waals surface area contributed by atoms with Crippen molar-refractivity contribution in [2.45, 2.75) is 12.5 Å². The maximum absolute atomic E-state index is 12.8. The Morgan fingerprint density at radius 2 is 2.00 bits per heavy atom. The smallest absolute Gasteiger partial charge is 0.276 e. The Morgan fingerprint density at radius 3 is 2.59 bits per heavy atom. The summed E-state index contributed by atoms with van der Waals surface area (Å²) < 4.78 is 30.9. The molecule has 4 rings (SSSR count). The van der Waals surface area contributed by atoms with Gasteiger partial charge in [-0.1, -0.05) is 0 Å². The van der Waals surface area contributed by atoms with E-state index in [1.54, 1.807) is 22.9 Å². The number of aromatic nitrogens is 2. The van der Waals surface area contributed by atoms with Crippen LogP contribution in [0.25, 0.3) is 11.5 Å². The van der Waals surface area contributed by atoms with Gasteiger partial charge in [0.05, 0.1) is 23.8 Å². The fraction of sp³-hybridized carbons (Fsp3) is 0.300. The first-order valence-corrected chi connectivity index (χ1v) is 11.1. The van der Waals surface area contributed by atoms with E-state index in [0.29, 0.717) is 23.6 Å². The van der Waals surface area contributed by atoms with Crippen LogP contribution in [0.1, 0.15) is 23.0 Å². The standard InChI is InChI=1S/C20H22N4O4S/c1-23(2)15-7-5-14(6-8-15)21-20(25)17-12-18(19-4-3-10-28-19)24(22-17)16-9-11-29(26,27)13-16/h3-8,10,12,16H,9,11,13H2,1-2H3,(H,21,25). The molecule has 3 aromatic rings. The van der Waals surface area contributed by atoms with Gasteiger partial charge in [-0.05, 0) is 42.8 Å². The van der Waals surface area contributed by atoms with E-state index in [2.05, 4.69) is 10.4 Å². The van der Waals surface area contributed by atoms with Gasteiger partial charge in [0.15, 0.2) is 21.3 Å². The lowest BCUT2D eigenvalue weighted by Crippen LogP contribution is -2.16. The number of carbonyl (C=O) groups is 1. The number of nitrogens with one attached hydrogen (secondary N) is 1. The van der Waals surface area contributed by atoms with Crippen LogP contribution in [0.3, 0.4) is 0 Å². The van der Waals surface area contributed by atoms with Crippen LogP contribution in [-0.4, -0.2) is 49.7 Å². The van der Waals surface area contributed by atoms with Gasteiger partial charge in [0.25, 0.3) is 5.91 Å². The summed E-state index contributed by atoms with van der Waals surface area (Å²) in [7, 11) is 0.792. The van der Waals surface area contributed by atoms with Crippen molar-refractivity contribution >= 4 is 27.1 Å². The third kappa shape index (κ3) is 4.04. The fourth-order valence-electron chi connectivity index (χ4n) is 3.40. The van der Waals surface area contributed by atoms with Gasteiger partial charge in [-0.2, -0.15) is 5.10 Å². The zero-order valence-corrected chi connectivity index (χ0v) is 17.0. The molecular formula is C20H22N4O4S. The summed E-state index contributed by atoms with van der Waals surface area (Å²) in [5, 5.41) is 7.26. The number of amides is 1. The Morgan fingerprint density at radius 1 is 1.24 bits per heavy atom. The Hall–Kier alpha value is -3.07. The summed E-state index contributed by atoms with van der Waals surface area (Å²) in [6.07, 6.45) is 1.99. The third-order valence-electron chi connectivity index (χ3n) is 4.94. The molecule has 29 heavy (non-hydrogen) atoms. The van der Waals surface area contributed by atoms with E-state index in [1.807, 2.05) is 43.3 Å². The van der Waals surface area contributed by atoms with Crippen LogP contribution in [0.5, 0.6) is 0 Å². The molecule has 1 aromatic carbocycles. The van der Waals surface area contributed by atoms with E-state index in [-0.39, 0.29) is 29.1 Å². The van der Waals surface area contributed by atoms with E-state index in [0.717, 1.165) is 5.69 Å². The number of hydrogen-bond acceptors (Lipinski definition) is 6. The Kier molecular flexibility index (Phi) is 4.91. The van der Waals surface area contributed by atoms with Crippen molar-refractivity contribution in [1.29, 1.82) is 0 Å². The highest BCUT2D eigenvalue weighted by atomic mass is 32.2. The molecule has 0 saturated carbocycles. The summed E-state index contributed by atoms with van der Waals surface area (Å²) in [5.74, 6) is 0.302. The van der Waals surface area contributed by atoms with Gasteiger partial charge < -0.3 is 14.6 Å². The van der Waals surface area contributed by atoms with Gasteiger partial charge in [0.1, 0.15) is 5.69 Å². The van der Waals surface area contributed by atoms with Crippen molar-refractivity contribution < 1.29 is 17.6 Å². The van der Waals surface area contributed by atoms with E-state index in [1.165, 1.54) is 6.26 Å². The van der Waals surface area contributed by atoms with Crippen molar-refractivity contribution in [3.63, 3.8) is 0 Å². The van der Waals surface area contributed by atoms with Crippen LogP contribution < -0.4 is 10.2 Å². The van der Waals surface area contributed by atoms with E-state index >= 15 is 0 Å². The lowest BCUT2D eigenvalue weighted by molar-refractivity contribution is 0.102. The number of furan rings is 1. The van der Waals surface area contributed by atoms with Crippen LogP contribution in [0.2, 0.25) is 0 Å². The van der Waals surface area contributed by atoms with Crippen LogP contribution in [0.15, 0.2) is 53.1 Å². The van der Waals surface area contributed by atoms with Gasteiger partial charge >= 0.3 is 0 Å². The van der Waals surface area contributed by atoms with Gasteiger partial charge in [0.2, 0.25) is 0 Å². The van der Waals surface area contributed by atoms with Gasteiger partial charge in [-0.3, -0.25) is 9.48 Å². The normalized spacial score (nSPS) is 17.9. The zero-order chi connectivity index (χ0) is 20.6. The third-order valence-corrected chi connectivity index (χ3v) is 6.69. The number of rotatable bonds is 5. The highest BCUT2D eigenvalue weighted by molar-refractivity contribution is 7.91. The molecule has 0 aliphatic carbocycles. The predicted molar refractivity (Wildman–Crippen MR) is 111 cm³/mol. The molecule has 3 heterocycles. The molecule has 9 heteroatoms. The average molecular weight is 414 g/mol. The van der Waals surface area contributed by atoms with E-state index in [9.17, 15) is 13.2 Å². The minimum Gasteiger partial charge on any atom is -0.463 e. The first-order chi connectivity index (χ1) is 13.8. The van der Waals surface area contributed by atoms with Gasteiger partial charge in [-0.15, -0.1) is 0 Å². The Balaban J connectivity index is 1.62. The molecule has 8 nitrogen and oxygen atoms in total. The maximum Gasteiger partial charge on any atom is 0.276 e. The summed E-state index contributed by atoms with van der Waals surface area (Å²) in [4.78, 5) is 14.7. The second kappa shape index (κ2) is 7.40. The molecule has 1 N–H and O–H groups in total. The minimum atomic E-state index is -3.10. The first-order valence-electron chi connectivity index (χ1n) is 9.25. The topological polar surface area (TPSA) is 97.4 Å². The van der Waals surface area contributed by atoms with Crippen molar-refractivity contribution in [2.75, 3.05) is 35.8 Å². The second-order valence-electron chi connectivity index (χ2n) is 7.29. The molecule has 1 fully saturated rings. The fourth-order valence-corrected chi connectivity index (χ4v) is 5.09. The molecule has 0 bridgehead atoms. The molecule has 1 atom stereocenters. The van der Waals surface area contributed by atoms with Crippen LogP contribution in [-0.2, 0) is 9.84 Å². The number of anilines is 2. The van der Waals surface area contributed by atoms with Crippen molar-refractivity contribution in [1.82, 2.24) is 9.78 Å². The number of benzene rings is 1. The first kappa shape index (κ1) is 19.3. The quantitative estimate of drug-likeness (QED) is 0.689. The number of sulfone groups is 1. The molecule has 2 aromatic heterocycles. The SMILES string of the molecule is CN(C)c1ccc(NC(=O)c2cc(-c3ccco3)n(C3CCS(=O)(=O)C3)n2)cc1. The van der Waals surface area contributed by atoms with E-state index in [4.69, 9.17) is 4.42 Å². The zero-order valence-electron chi connectivity index (χ0n) is 16.2. The van der Waals surface area contributed by atoms with E-state index < -0.39 is 9.84 Å². The average Bonchev–Trinajstić information content (AvgIpc) is 3.40. The Bertz CT molecular complexity index is 1120. The second-order valence-corrected chi connectivity index (χ2v) is 9.52. The highest BCUT2D eigenvalue weighted by Gasteiger charge is 2.32. The number of hydrogen-bond donors (Lipinski definition) is 1. The molecule has 0 spiro atoms. The lowest BCUT2D eigenvalue weighted by Gasteiger charge is -2.13. The van der Waals surface area contributed by atoms with Crippen molar-refractivity contribution in [2.24, 2.45) is 0 Å². The summed E-state index contributed by atoms with van der Waals surface area (Å²) >= 11 is 0.